The first-order chi connectivity index (χ1) is 9.15. The Bertz CT molecular complexity index is 541. The quantitative estimate of drug-likeness (QED) is 0.893. The van der Waals surface area contributed by atoms with Gasteiger partial charge in [-0.1, -0.05) is 5.16 Å². The van der Waals surface area contributed by atoms with Crippen LogP contribution in [0.15, 0.2) is 16.7 Å². The summed E-state index contributed by atoms with van der Waals surface area (Å²) in [4.78, 5) is 4.33. The number of ether oxygens (including phenoxy) is 1. The van der Waals surface area contributed by atoms with Gasteiger partial charge < -0.3 is 15.0 Å². The van der Waals surface area contributed by atoms with Crippen molar-refractivity contribution in [3.05, 3.63) is 29.2 Å². The normalized spacial score (nSPS) is 10.7. The van der Waals surface area contributed by atoms with Gasteiger partial charge in [-0.2, -0.15) is 4.98 Å². The van der Waals surface area contributed by atoms with E-state index in [1.165, 1.54) is 0 Å². The molecule has 1 aromatic carbocycles. The standard InChI is InChI=1S/C14H19N3O2/c1-4-18-13-9(2)7-11(8-10(13)3)14-16-12(5-6-15)19-17-14/h7-8H,4-6,15H2,1-3H3. The molecule has 0 saturated carbocycles. The summed E-state index contributed by atoms with van der Waals surface area (Å²) < 4.78 is 10.8. The molecule has 0 amide bonds. The molecule has 2 aromatic rings. The van der Waals surface area contributed by atoms with Gasteiger partial charge in [0.2, 0.25) is 11.7 Å². The molecule has 5 heteroatoms. The van der Waals surface area contributed by atoms with Gasteiger partial charge in [-0.3, -0.25) is 0 Å². The lowest BCUT2D eigenvalue weighted by Gasteiger charge is -2.11. The summed E-state index contributed by atoms with van der Waals surface area (Å²) in [6.07, 6.45) is 0.599. The van der Waals surface area contributed by atoms with E-state index in [9.17, 15) is 0 Å². The minimum Gasteiger partial charge on any atom is -0.493 e. The van der Waals surface area contributed by atoms with E-state index in [-0.39, 0.29) is 0 Å². The monoisotopic (exact) mass is 261 g/mol. The maximum atomic E-state index is 5.62. The Morgan fingerprint density at radius 2 is 1.95 bits per heavy atom. The smallest absolute Gasteiger partial charge is 0.228 e. The van der Waals surface area contributed by atoms with Crippen LogP contribution in [0.5, 0.6) is 5.75 Å². The van der Waals surface area contributed by atoms with Crippen molar-refractivity contribution in [3.63, 3.8) is 0 Å². The van der Waals surface area contributed by atoms with Gasteiger partial charge in [0.25, 0.3) is 0 Å². The number of nitrogens with zero attached hydrogens (tertiary/aromatic N) is 2. The van der Waals surface area contributed by atoms with Crippen LogP contribution in [-0.4, -0.2) is 23.3 Å². The highest BCUT2D eigenvalue weighted by Gasteiger charge is 2.12. The predicted molar refractivity (Wildman–Crippen MR) is 73.1 cm³/mol. The first-order valence-electron chi connectivity index (χ1n) is 6.42. The second kappa shape index (κ2) is 5.84. The molecular formula is C14H19N3O2. The SMILES string of the molecule is CCOc1c(C)cc(-c2noc(CCN)n2)cc1C. The highest BCUT2D eigenvalue weighted by molar-refractivity contribution is 5.60. The Morgan fingerprint density at radius 1 is 1.26 bits per heavy atom. The third kappa shape index (κ3) is 2.93. The Balaban J connectivity index is 2.34. The summed E-state index contributed by atoms with van der Waals surface area (Å²) in [6.45, 7) is 7.17. The van der Waals surface area contributed by atoms with Crippen molar-refractivity contribution < 1.29 is 9.26 Å². The summed E-state index contributed by atoms with van der Waals surface area (Å²) in [7, 11) is 0. The van der Waals surface area contributed by atoms with Gasteiger partial charge in [-0.15, -0.1) is 0 Å². The van der Waals surface area contributed by atoms with E-state index in [1.54, 1.807) is 0 Å². The number of benzene rings is 1. The first-order valence-corrected chi connectivity index (χ1v) is 6.42. The van der Waals surface area contributed by atoms with Crippen molar-refractivity contribution in [2.24, 2.45) is 5.73 Å². The zero-order valence-electron chi connectivity index (χ0n) is 11.6. The summed E-state index contributed by atoms with van der Waals surface area (Å²) in [5.41, 5.74) is 8.54. The fraction of sp³-hybridized carbons (Fsp3) is 0.429. The number of aromatic nitrogens is 2. The van der Waals surface area contributed by atoms with Crippen molar-refractivity contribution in [1.82, 2.24) is 10.1 Å². The van der Waals surface area contributed by atoms with E-state index in [2.05, 4.69) is 10.1 Å². The third-order valence-electron chi connectivity index (χ3n) is 2.83. The minimum atomic E-state index is 0.503. The van der Waals surface area contributed by atoms with Crippen molar-refractivity contribution >= 4 is 0 Å². The highest BCUT2D eigenvalue weighted by Crippen LogP contribution is 2.28. The van der Waals surface area contributed by atoms with Crippen LogP contribution in [0.3, 0.4) is 0 Å². The fourth-order valence-electron chi connectivity index (χ4n) is 2.05. The van der Waals surface area contributed by atoms with Crippen LogP contribution >= 0.6 is 0 Å². The van der Waals surface area contributed by atoms with Gasteiger partial charge in [0.15, 0.2) is 0 Å². The van der Waals surface area contributed by atoms with Gasteiger partial charge in [-0.25, -0.2) is 0 Å². The molecule has 0 aliphatic heterocycles. The summed E-state index contributed by atoms with van der Waals surface area (Å²) >= 11 is 0. The molecule has 0 aliphatic carbocycles. The molecule has 0 aliphatic rings. The molecule has 0 radical (unpaired) electrons. The minimum absolute atomic E-state index is 0.503. The van der Waals surface area contributed by atoms with E-state index >= 15 is 0 Å². The summed E-state index contributed by atoms with van der Waals surface area (Å²) in [5, 5.41) is 3.98. The molecular weight excluding hydrogens is 242 g/mol. The van der Waals surface area contributed by atoms with Gasteiger partial charge in [0, 0.05) is 18.5 Å². The number of aryl methyl sites for hydroxylation is 2. The molecule has 0 spiro atoms. The molecule has 19 heavy (non-hydrogen) atoms. The maximum Gasteiger partial charge on any atom is 0.228 e. The lowest BCUT2D eigenvalue weighted by atomic mass is 10.1. The van der Waals surface area contributed by atoms with Crippen LogP contribution in [0.4, 0.5) is 0 Å². The largest absolute Gasteiger partial charge is 0.493 e. The van der Waals surface area contributed by atoms with E-state index in [1.807, 2.05) is 32.9 Å². The zero-order chi connectivity index (χ0) is 13.8. The van der Waals surface area contributed by atoms with Crippen molar-refractivity contribution in [1.29, 1.82) is 0 Å². The van der Waals surface area contributed by atoms with Gasteiger partial charge >= 0.3 is 0 Å². The molecule has 1 heterocycles. The average molecular weight is 261 g/mol. The third-order valence-corrected chi connectivity index (χ3v) is 2.83. The Hall–Kier alpha value is -1.88. The molecule has 2 rings (SSSR count). The maximum absolute atomic E-state index is 5.62. The molecule has 0 fully saturated rings. The second-order valence-corrected chi connectivity index (χ2v) is 4.42. The molecule has 0 unspecified atom stereocenters. The molecule has 0 atom stereocenters. The number of nitrogens with two attached hydrogens (primary N) is 1. The Kier molecular flexibility index (Phi) is 4.16. The van der Waals surface area contributed by atoms with Crippen LogP contribution in [0.25, 0.3) is 11.4 Å². The average Bonchev–Trinajstić information content (AvgIpc) is 2.83. The first kappa shape index (κ1) is 13.5. The number of hydrogen-bond acceptors (Lipinski definition) is 5. The molecule has 0 bridgehead atoms. The molecule has 102 valence electrons. The molecule has 5 nitrogen and oxygen atoms in total. The van der Waals surface area contributed by atoms with Gasteiger partial charge in [-0.05, 0) is 44.0 Å². The highest BCUT2D eigenvalue weighted by atomic mass is 16.5. The lowest BCUT2D eigenvalue weighted by Crippen LogP contribution is -2.02. The topological polar surface area (TPSA) is 74.2 Å². The molecule has 1 aromatic heterocycles. The molecule has 0 saturated heterocycles. The Labute approximate surface area is 112 Å². The molecule has 2 N–H and O–H groups in total. The van der Waals surface area contributed by atoms with Crippen LogP contribution in [0.2, 0.25) is 0 Å². The van der Waals surface area contributed by atoms with Crippen LogP contribution in [-0.2, 0) is 6.42 Å². The number of rotatable bonds is 5. The summed E-state index contributed by atoms with van der Waals surface area (Å²) in [5.74, 6) is 2.09. The van der Waals surface area contributed by atoms with Crippen molar-refractivity contribution in [3.8, 4) is 17.1 Å². The van der Waals surface area contributed by atoms with Gasteiger partial charge in [0.1, 0.15) is 5.75 Å². The van der Waals surface area contributed by atoms with E-state index < -0.39 is 0 Å². The van der Waals surface area contributed by atoms with Crippen LogP contribution in [0, 0.1) is 13.8 Å². The van der Waals surface area contributed by atoms with Crippen LogP contribution < -0.4 is 10.5 Å². The van der Waals surface area contributed by atoms with Gasteiger partial charge in [0.05, 0.1) is 6.61 Å². The fourth-order valence-corrected chi connectivity index (χ4v) is 2.05. The van der Waals surface area contributed by atoms with Crippen LogP contribution in [0.1, 0.15) is 23.9 Å². The van der Waals surface area contributed by atoms with Crippen molar-refractivity contribution in [2.45, 2.75) is 27.2 Å². The number of hydrogen-bond donors (Lipinski definition) is 1. The summed E-state index contributed by atoms with van der Waals surface area (Å²) in [6, 6.07) is 4.02. The van der Waals surface area contributed by atoms with E-state index in [4.69, 9.17) is 15.0 Å². The lowest BCUT2D eigenvalue weighted by molar-refractivity contribution is 0.335. The van der Waals surface area contributed by atoms with E-state index in [0.717, 1.165) is 22.4 Å². The predicted octanol–water partition coefficient (Wildman–Crippen LogP) is 2.25. The van der Waals surface area contributed by atoms with E-state index in [0.29, 0.717) is 31.3 Å². The zero-order valence-corrected chi connectivity index (χ0v) is 11.6. The second-order valence-electron chi connectivity index (χ2n) is 4.42. The van der Waals surface area contributed by atoms with Crippen molar-refractivity contribution in [2.75, 3.05) is 13.2 Å². The Morgan fingerprint density at radius 3 is 2.53 bits per heavy atom.